The molecule has 2 heterocycles. The molecule has 2 saturated heterocycles. The first-order chi connectivity index (χ1) is 10.3. The molecule has 2 aliphatic rings. The maximum Gasteiger partial charge on any atom is 0.409 e. The van der Waals surface area contributed by atoms with E-state index in [2.05, 4.69) is 0 Å². The number of nitrogens with zero attached hydrogens (tertiary/aromatic N) is 2. The van der Waals surface area contributed by atoms with Gasteiger partial charge in [0.05, 0.1) is 24.1 Å². The van der Waals surface area contributed by atoms with Gasteiger partial charge in [-0.1, -0.05) is 0 Å². The zero-order valence-electron chi connectivity index (χ0n) is 13.5. The summed E-state index contributed by atoms with van der Waals surface area (Å²) in [6, 6.07) is 0. The minimum Gasteiger partial charge on any atom is -0.450 e. The summed E-state index contributed by atoms with van der Waals surface area (Å²) in [6.07, 6.45) is 0.394. The Morgan fingerprint density at radius 2 is 1.73 bits per heavy atom. The summed E-state index contributed by atoms with van der Waals surface area (Å²) in [4.78, 5) is 13.3. The van der Waals surface area contributed by atoms with E-state index in [4.69, 9.17) is 9.47 Å². The fourth-order valence-corrected chi connectivity index (χ4v) is 5.16. The molecule has 8 heteroatoms. The highest BCUT2D eigenvalue weighted by Crippen LogP contribution is 2.24. The molecule has 128 valence electrons. The first-order valence-electron chi connectivity index (χ1n) is 7.90. The highest BCUT2D eigenvalue weighted by molar-refractivity contribution is 7.89. The van der Waals surface area contributed by atoms with Crippen LogP contribution in [0.5, 0.6) is 0 Å². The summed E-state index contributed by atoms with van der Waals surface area (Å²) in [5, 5.41) is -0.421. The van der Waals surface area contributed by atoms with Gasteiger partial charge in [-0.3, -0.25) is 0 Å². The van der Waals surface area contributed by atoms with E-state index in [0.717, 1.165) is 0 Å². The third-order valence-electron chi connectivity index (χ3n) is 4.14. The van der Waals surface area contributed by atoms with Crippen LogP contribution in [0.15, 0.2) is 0 Å². The van der Waals surface area contributed by atoms with Crippen molar-refractivity contribution < 1.29 is 22.7 Å². The van der Waals surface area contributed by atoms with E-state index >= 15 is 0 Å². The predicted octanol–water partition coefficient (Wildman–Crippen LogP) is 1.05. The van der Waals surface area contributed by atoms with Crippen molar-refractivity contribution in [3.8, 4) is 0 Å². The molecule has 7 nitrogen and oxygen atoms in total. The van der Waals surface area contributed by atoms with Gasteiger partial charge in [0.15, 0.2) is 0 Å². The molecule has 0 aliphatic carbocycles. The molecule has 0 saturated carbocycles. The average Bonchev–Trinajstić information content (AvgIpc) is 2.46. The van der Waals surface area contributed by atoms with Crippen LogP contribution in [0, 0.1) is 0 Å². The quantitative estimate of drug-likeness (QED) is 0.771. The summed E-state index contributed by atoms with van der Waals surface area (Å²) in [6.45, 7) is 7.55. The van der Waals surface area contributed by atoms with E-state index in [1.165, 1.54) is 0 Å². The van der Waals surface area contributed by atoms with Crippen LogP contribution in [-0.2, 0) is 19.5 Å². The molecule has 2 unspecified atom stereocenters. The Morgan fingerprint density at radius 3 is 2.23 bits per heavy atom. The molecule has 2 aliphatic heterocycles. The van der Waals surface area contributed by atoms with Crippen LogP contribution in [0.2, 0.25) is 0 Å². The lowest BCUT2D eigenvalue weighted by atomic mass is 10.1. The number of rotatable bonds is 3. The molecule has 0 aromatic carbocycles. The van der Waals surface area contributed by atoms with Crippen LogP contribution in [0.3, 0.4) is 0 Å². The van der Waals surface area contributed by atoms with E-state index in [9.17, 15) is 13.2 Å². The van der Waals surface area contributed by atoms with E-state index in [1.54, 1.807) is 16.1 Å². The molecule has 0 aromatic heterocycles. The van der Waals surface area contributed by atoms with E-state index < -0.39 is 15.3 Å². The number of amides is 1. The third kappa shape index (κ3) is 3.91. The normalized spacial score (nSPS) is 28.6. The number of morpholine rings is 1. The Bertz CT molecular complexity index is 477. The fraction of sp³-hybridized carbons (Fsp3) is 0.929. The van der Waals surface area contributed by atoms with Crippen LogP contribution < -0.4 is 0 Å². The second kappa shape index (κ2) is 7.14. The molecule has 0 spiro atoms. The molecular formula is C14H26N2O5S. The summed E-state index contributed by atoms with van der Waals surface area (Å²) < 4.78 is 37.6. The third-order valence-corrected chi connectivity index (χ3v) is 6.47. The second-order valence-corrected chi connectivity index (χ2v) is 8.22. The number of piperidine rings is 1. The van der Waals surface area contributed by atoms with Crippen molar-refractivity contribution in [1.82, 2.24) is 9.21 Å². The highest BCUT2D eigenvalue weighted by atomic mass is 32.2. The van der Waals surface area contributed by atoms with Crippen molar-refractivity contribution in [2.45, 2.75) is 51.1 Å². The Labute approximate surface area is 132 Å². The van der Waals surface area contributed by atoms with Gasteiger partial charge >= 0.3 is 6.09 Å². The van der Waals surface area contributed by atoms with Crippen LogP contribution in [0.25, 0.3) is 0 Å². The number of ether oxygens (including phenoxy) is 2. The topological polar surface area (TPSA) is 76.2 Å². The monoisotopic (exact) mass is 334 g/mol. The van der Waals surface area contributed by atoms with E-state index in [0.29, 0.717) is 45.6 Å². The van der Waals surface area contributed by atoms with Crippen molar-refractivity contribution in [2.75, 3.05) is 32.8 Å². The van der Waals surface area contributed by atoms with Crippen LogP contribution in [-0.4, -0.2) is 74.0 Å². The number of sulfonamides is 1. The van der Waals surface area contributed by atoms with Crippen molar-refractivity contribution in [3.05, 3.63) is 0 Å². The van der Waals surface area contributed by atoms with Crippen LogP contribution in [0.4, 0.5) is 4.79 Å². The standard InChI is InChI=1S/C14H26N2O5S/c1-4-20-14(17)15-7-5-13(6-8-15)22(18,19)16-9-11(2)21-12(3)10-16/h11-13H,4-10H2,1-3H3. The van der Waals surface area contributed by atoms with Gasteiger partial charge in [-0.25, -0.2) is 13.2 Å². The van der Waals surface area contributed by atoms with E-state index in [1.807, 2.05) is 13.8 Å². The van der Waals surface area contributed by atoms with Gasteiger partial charge in [0.2, 0.25) is 10.0 Å². The molecule has 22 heavy (non-hydrogen) atoms. The first-order valence-corrected chi connectivity index (χ1v) is 9.41. The maximum atomic E-state index is 12.8. The summed E-state index contributed by atoms with van der Waals surface area (Å²) in [7, 11) is -3.34. The Balaban J connectivity index is 1.96. The largest absolute Gasteiger partial charge is 0.450 e. The van der Waals surface area contributed by atoms with Crippen LogP contribution in [0.1, 0.15) is 33.6 Å². The molecule has 0 N–H and O–H groups in total. The smallest absolute Gasteiger partial charge is 0.409 e. The first kappa shape index (κ1) is 17.5. The molecule has 0 aromatic rings. The molecule has 2 atom stereocenters. The SMILES string of the molecule is CCOC(=O)N1CCC(S(=O)(=O)N2CC(C)OC(C)C2)CC1. The minimum atomic E-state index is -3.34. The van der Waals surface area contributed by atoms with Gasteiger partial charge < -0.3 is 14.4 Å². The summed E-state index contributed by atoms with van der Waals surface area (Å²) >= 11 is 0. The van der Waals surface area contributed by atoms with Gasteiger partial charge in [0.1, 0.15) is 0 Å². The molecule has 2 rings (SSSR count). The molecule has 2 fully saturated rings. The Kier molecular flexibility index (Phi) is 5.68. The molecule has 0 radical (unpaired) electrons. The van der Waals surface area contributed by atoms with Gasteiger partial charge in [-0.2, -0.15) is 4.31 Å². The number of likely N-dealkylation sites (tertiary alicyclic amines) is 1. The number of hydrogen-bond acceptors (Lipinski definition) is 5. The van der Waals surface area contributed by atoms with Gasteiger partial charge in [-0.05, 0) is 33.6 Å². The number of carbonyl (C=O) groups is 1. The van der Waals surface area contributed by atoms with Gasteiger partial charge in [0, 0.05) is 26.2 Å². The zero-order valence-corrected chi connectivity index (χ0v) is 14.3. The summed E-state index contributed by atoms with van der Waals surface area (Å²) in [5.41, 5.74) is 0. The molecule has 1 amide bonds. The predicted molar refractivity (Wildman–Crippen MR) is 82.1 cm³/mol. The van der Waals surface area contributed by atoms with Crippen LogP contribution >= 0.6 is 0 Å². The Hall–Kier alpha value is -0.860. The van der Waals surface area contributed by atoms with Crippen molar-refractivity contribution in [3.63, 3.8) is 0 Å². The zero-order chi connectivity index (χ0) is 16.3. The Morgan fingerprint density at radius 1 is 1.18 bits per heavy atom. The van der Waals surface area contributed by atoms with Gasteiger partial charge in [0.25, 0.3) is 0 Å². The number of carbonyl (C=O) groups excluding carboxylic acids is 1. The van der Waals surface area contributed by atoms with E-state index in [-0.39, 0.29) is 18.3 Å². The lowest BCUT2D eigenvalue weighted by molar-refractivity contribution is -0.0444. The highest BCUT2D eigenvalue weighted by Gasteiger charge is 2.38. The number of hydrogen-bond donors (Lipinski definition) is 0. The fourth-order valence-electron chi connectivity index (χ4n) is 3.10. The minimum absolute atomic E-state index is 0.0850. The molecular weight excluding hydrogens is 308 g/mol. The van der Waals surface area contributed by atoms with Crippen molar-refractivity contribution in [1.29, 1.82) is 0 Å². The van der Waals surface area contributed by atoms with Gasteiger partial charge in [-0.15, -0.1) is 0 Å². The average molecular weight is 334 g/mol. The summed E-state index contributed by atoms with van der Waals surface area (Å²) in [5.74, 6) is 0. The molecule has 0 bridgehead atoms. The maximum absolute atomic E-state index is 12.8. The lowest BCUT2D eigenvalue weighted by Gasteiger charge is -2.38. The second-order valence-electron chi connectivity index (χ2n) is 6.00. The lowest BCUT2D eigenvalue weighted by Crippen LogP contribution is -2.53. The van der Waals surface area contributed by atoms with Crippen molar-refractivity contribution >= 4 is 16.1 Å². The van der Waals surface area contributed by atoms with Crippen molar-refractivity contribution in [2.24, 2.45) is 0 Å².